The number of anilines is 1. The van der Waals surface area contributed by atoms with Crippen LogP contribution in [0, 0.1) is 11.6 Å². The molecule has 5 rings (SSSR count). The van der Waals surface area contributed by atoms with Gasteiger partial charge in [0.15, 0.2) is 17.2 Å². The maximum absolute atomic E-state index is 15.1. The van der Waals surface area contributed by atoms with Gasteiger partial charge < -0.3 is 10.5 Å². The van der Waals surface area contributed by atoms with E-state index in [1.807, 2.05) is 19.9 Å². The number of rotatable bonds is 7. The van der Waals surface area contributed by atoms with Crippen LogP contribution in [0.1, 0.15) is 38.6 Å². The number of halogens is 2. The fraction of sp³-hybridized carbons (Fsp3) is 0.269. The van der Waals surface area contributed by atoms with Crippen molar-refractivity contribution in [3.63, 3.8) is 0 Å². The molecular formula is C26H25F2N7O2. The van der Waals surface area contributed by atoms with Crippen LogP contribution < -0.4 is 16.0 Å². The van der Waals surface area contributed by atoms with E-state index < -0.39 is 17.7 Å². The zero-order chi connectivity index (χ0) is 26.3. The Hall–Kier alpha value is -4.41. The highest BCUT2D eigenvalue weighted by molar-refractivity contribution is 5.98. The lowest BCUT2D eigenvalue weighted by Gasteiger charge is -2.19. The first-order chi connectivity index (χ1) is 17.9. The molecule has 1 unspecified atom stereocenters. The molecule has 0 fully saturated rings. The van der Waals surface area contributed by atoms with Gasteiger partial charge in [0.2, 0.25) is 5.82 Å². The van der Waals surface area contributed by atoms with Gasteiger partial charge in [0.25, 0.3) is 5.56 Å². The summed E-state index contributed by atoms with van der Waals surface area (Å²) in [6.45, 7) is 4.32. The minimum Gasteiger partial charge on any atom is -0.494 e. The van der Waals surface area contributed by atoms with E-state index >= 15 is 4.39 Å². The Balaban J connectivity index is 1.76. The summed E-state index contributed by atoms with van der Waals surface area (Å²) >= 11 is 0. The zero-order valence-corrected chi connectivity index (χ0v) is 20.6. The molecule has 2 N–H and O–H groups in total. The molecule has 2 aromatic carbocycles. The summed E-state index contributed by atoms with van der Waals surface area (Å²) in [6.07, 6.45) is 2.93. The smallest absolute Gasteiger partial charge is 0.261 e. The van der Waals surface area contributed by atoms with Gasteiger partial charge in [-0.05, 0) is 37.6 Å². The first-order valence-corrected chi connectivity index (χ1v) is 11.9. The summed E-state index contributed by atoms with van der Waals surface area (Å²) < 4.78 is 37.8. The molecule has 0 amide bonds. The largest absolute Gasteiger partial charge is 0.494 e. The number of fused-ring (bicyclic) bond motifs is 2. The van der Waals surface area contributed by atoms with E-state index in [4.69, 9.17) is 15.5 Å². The topological polar surface area (TPSA) is 114 Å². The Morgan fingerprint density at radius 1 is 1.11 bits per heavy atom. The number of ether oxygens (including phenoxy) is 1. The number of nitrogens with two attached hydrogens (primary N) is 1. The van der Waals surface area contributed by atoms with Gasteiger partial charge in [0.1, 0.15) is 29.7 Å². The molecule has 5 aromatic rings. The first-order valence-electron chi connectivity index (χ1n) is 11.9. The van der Waals surface area contributed by atoms with Crippen LogP contribution in [0.4, 0.5) is 14.6 Å². The van der Waals surface area contributed by atoms with Gasteiger partial charge in [-0.2, -0.15) is 9.49 Å². The molecular weight excluding hydrogens is 480 g/mol. The van der Waals surface area contributed by atoms with Crippen molar-refractivity contribution in [2.45, 2.75) is 39.3 Å². The summed E-state index contributed by atoms with van der Waals surface area (Å²) in [5.41, 5.74) is 6.82. The van der Waals surface area contributed by atoms with Crippen molar-refractivity contribution in [1.82, 2.24) is 29.3 Å². The highest BCUT2D eigenvalue weighted by atomic mass is 19.2. The minimum atomic E-state index is -1.14. The van der Waals surface area contributed by atoms with Crippen molar-refractivity contribution in [3.05, 3.63) is 70.5 Å². The summed E-state index contributed by atoms with van der Waals surface area (Å²) in [4.78, 5) is 26.6. The third-order valence-corrected chi connectivity index (χ3v) is 6.41. The average Bonchev–Trinajstić information content (AvgIpc) is 3.30. The Bertz CT molecular complexity index is 1700. The SMILES string of the molecule is CCCCn1c(C(C)n2nc(-c3ccc(OC)c(F)c3F)c3c(N)ncnc32)nc2ccccc2c1=O. The molecule has 0 spiro atoms. The number of hydrogen-bond donors (Lipinski definition) is 1. The van der Waals surface area contributed by atoms with Crippen LogP contribution in [0.5, 0.6) is 5.75 Å². The molecule has 9 nitrogen and oxygen atoms in total. The Morgan fingerprint density at radius 2 is 1.89 bits per heavy atom. The molecule has 0 aliphatic rings. The van der Waals surface area contributed by atoms with Crippen molar-refractivity contribution in [2.75, 3.05) is 12.8 Å². The number of hydrogen-bond acceptors (Lipinski definition) is 7. The summed E-state index contributed by atoms with van der Waals surface area (Å²) in [7, 11) is 1.25. The van der Waals surface area contributed by atoms with Crippen molar-refractivity contribution in [3.8, 4) is 17.0 Å². The first kappa shape index (κ1) is 24.3. The van der Waals surface area contributed by atoms with E-state index in [0.29, 0.717) is 28.9 Å². The Morgan fingerprint density at radius 3 is 2.65 bits per heavy atom. The standard InChI is InChI=1S/C26H25F2N7O2/c1-4-5-12-34-24(32-17-9-7-6-8-15(17)26(34)36)14(2)35-25-19(23(29)30-13-31-25)22(33-35)16-10-11-18(37-3)21(28)20(16)27/h6-11,13-14H,4-5,12H2,1-3H3,(H2,29,30,31). The van der Waals surface area contributed by atoms with Gasteiger partial charge in [-0.15, -0.1) is 0 Å². The predicted molar refractivity (Wildman–Crippen MR) is 136 cm³/mol. The molecule has 0 bridgehead atoms. The average molecular weight is 506 g/mol. The summed E-state index contributed by atoms with van der Waals surface area (Å²) in [6, 6.07) is 9.22. The molecule has 11 heteroatoms. The second-order valence-electron chi connectivity index (χ2n) is 8.67. The second-order valence-corrected chi connectivity index (χ2v) is 8.67. The number of unbranched alkanes of at least 4 members (excludes halogenated alkanes) is 1. The molecule has 0 saturated carbocycles. The highest BCUT2D eigenvalue weighted by Gasteiger charge is 2.27. The van der Waals surface area contributed by atoms with Crippen molar-refractivity contribution in [2.24, 2.45) is 0 Å². The number of nitrogen functional groups attached to an aromatic ring is 1. The van der Waals surface area contributed by atoms with E-state index in [0.717, 1.165) is 12.8 Å². The van der Waals surface area contributed by atoms with Crippen LogP contribution >= 0.6 is 0 Å². The number of methoxy groups -OCH3 is 1. The molecule has 0 radical (unpaired) electrons. The van der Waals surface area contributed by atoms with Gasteiger partial charge in [-0.25, -0.2) is 24.0 Å². The van der Waals surface area contributed by atoms with Crippen LogP contribution in [0.15, 0.2) is 47.5 Å². The molecule has 0 saturated heterocycles. The lowest BCUT2D eigenvalue weighted by molar-refractivity contribution is 0.372. The van der Waals surface area contributed by atoms with Crippen LogP contribution in [-0.2, 0) is 6.54 Å². The van der Waals surface area contributed by atoms with Crippen molar-refractivity contribution < 1.29 is 13.5 Å². The quantitative estimate of drug-likeness (QED) is 0.347. The minimum absolute atomic E-state index is 0.0592. The van der Waals surface area contributed by atoms with Crippen molar-refractivity contribution in [1.29, 1.82) is 0 Å². The van der Waals surface area contributed by atoms with Crippen LogP contribution in [0.25, 0.3) is 33.2 Å². The maximum atomic E-state index is 15.1. The second kappa shape index (κ2) is 9.57. The Labute approximate surface area is 210 Å². The van der Waals surface area contributed by atoms with Crippen LogP contribution in [-0.4, -0.2) is 36.4 Å². The zero-order valence-electron chi connectivity index (χ0n) is 20.6. The van der Waals surface area contributed by atoms with Crippen LogP contribution in [0.2, 0.25) is 0 Å². The summed E-state index contributed by atoms with van der Waals surface area (Å²) in [5.74, 6) is -1.99. The molecule has 0 aliphatic carbocycles. The maximum Gasteiger partial charge on any atom is 0.261 e. The molecule has 190 valence electrons. The lowest BCUT2D eigenvalue weighted by Crippen LogP contribution is -2.29. The normalized spacial score (nSPS) is 12.4. The molecule has 1 atom stereocenters. The monoisotopic (exact) mass is 505 g/mol. The van der Waals surface area contributed by atoms with Gasteiger partial charge in [0, 0.05) is 12.1 Å². The number of aromatic nitrogens is 6. The van der Waals surface area contributed by atoms with Gasteiger partial charge in [0.05, 0.1) is 23.4 Å². The molecule has 0 aliphatic heterocycles. The van der Waals surface area contributed by atoms with Crippen LogP contribution in [0.3, 0.4) is 0 Å². The van der Waals surface area contributed by atoms with E-state index in [1.165, 1.54) is 30.3 Å². The number of benzene rings is 2. The highest BCUT2D eigenvalue weighted by Crippen LogP contribution is 2.36. The third kappa shape index (κ3) is 3.96. The number of nitrogens with zero attached hydrogens (tertiary/aromatic N) is 6. The lowest BCUT2D eigenvalue weighted by atomic mass is 10.1. The Kier molecular flexibility index (Phi) is 6.28. The van der Waals surface area contributed by atoms with Gasteiger partial charge >= 0.3 is 0 Å². The third-order valence-electron chi connectivity index (χ3n) is 6.41. The summed E-state index contributed by atoms with van der Waals surface area (Å²) in [5, 5.41) is 5.40. The molecule has 3 aromatic heterocycles. The predicted octanol–water partition coefficient (Wildman–Crippen LogP) is 4.48. The molecule has 37 heavy (non-hydrogen) atoms. The number of para-hydroxylation sites is 1. The molecule has 3 heterocycles. The van der Waals surface area contributed by atoms with E-state index in [9.17, 15) is 9.18 Å². The fourth-order valence-electron chi connectivity index (χ4n) is 4.47. The van der Waals surface area contributed by atoms with Gasteiger partial charge in [-0.1, -0.05) is 25.5 Å². The van der Waals surface area contributed by atoms with E-state index in [1.54, 1.807) is 22.8 Å². The van der Waals surface area contributed by atoms with E-state index in [-0.39, 0.29) is 33.8 Å². The van der Waals surface area contributed by atoms with Crippen molar-refractivity contribution >= 4 is 27.8 Å². The van der Waals surface area contributed by atoms with E-state index in [2.05, 4.69) is 15.1 Å². The fourth-order valence-corrected chi connectivity index (χ4v) is 4.47. The van der Waals surface area contributed by atoms with Gasteiger partial charge in [-0.3, -0.25) is 9.36 Å².